The molecule has 0 N–H and O–H groups in total. The summed E-state index contributed by atoms with van der Waals surface area (Å²) in [5.74, 6) is -5.04. The van der Waals surface area contributed by atoms with Crippen molar-refractivity contribution in [3.8, 4) is 0 Å². The van der Waals surface area contributed by atoms with Crippen LogP contribution in [0.2, 0.25) is 0 Å². The SMILES string of the molecule is COC1(CC(CO[N+](=O)[O-])(CO[N+](=O)[O-])CO[N+](=O)[O-])O[C@H](C)[C@@H](OC(C)=O)[C@H](OC(C)=O)[C@H]1OC(C)=O. The second-order valence-corrected chi connectivity index (χ2v) is 8.18. The molecule has 0 saturated carbocycles. The Bertz CT molecular complexity index is 867. The van der Waals surface area contributed by atoms with Crippen molar-refractivity contribution in [1.82, 2.24) is 0 Å². The van der Waals surface area contributed by atoms with E-state index in [2.05, 4.69) is 14.5 Å². The average Bonchev–Trinajstić information content (AvgIpc) is 2.78. The predicted molar refractivity (Wildman–Crippen MR) is 113 cm³/mol. The quantitative estimate of drug-likeness (QED) is 0.107. The van der Waals surface area contributed by atoms with Crippen molar-refractivity contribution in [2.75, 3.05) is 26.9 Å². The third-order valence-electron chi connectivity index (χ3n) is 5.20. The van der Waals surface area contributed by atoms with Crippen molar-refractivity contribution in [1.29, 1.82) is 0 Å². The molecule has 1 fully saturated rings. The smallest absolute Gasteiger partial charge is 0.303 e. The fourth-order valence-electron chi connectivity index (χ4n) is 3.90. The average molecular weight is 557 g/mol. The fourth-order valence-corrected chi connectivity index (χ4v) is 3.90. The molecule has 20 heteroatoms. The molecule has 0 aromatic heterocycles. The molecule has 0 amide bonds. The second-order valence-electron chi connectivity index (χ2n) is 8.18. The summed E-state index contributed by atoms with van der Waals surface area (Å²) in [6.07, 6.45) is -6.81. The summed E-state index contributed by atoms with van der Waals surface area (Å²) in [5.41, 5.74) is -2.16. The zero-order chi connectivity index (χ0) is 29.3. The number of nitrogens with zero attached hydrogens (tertiary/aromatic N) is 3. The molecule has 20 nitrogen and oxygen atoms in total. The maximum Gasteiger partial charge on any atom is 0.303 e. The lowest BCUT2D eigenvalue weighted by Gasteiger charge is -2.52. The van der Waals surface area contributed by atoms with Gasteiger partial charge in [-0.05, 0) is 6.92 Å². The second kappa shape index (κ2) is 13.5. The van der Waals surface area contributed by atoms with Crippen LogP contribution in [-0.4, -0.2) is 90.3 Å². The van der Waals surface area contributed by atoms with Gasteiger partial charge in [-0.15, -0.1) is 30.3 Å². The van der Waals surface area contributed by atoms with Gasteiger partial charge in [-0.2, -0.15) is 0 Å². The van der Waals surface area contributed by atoms with Crippen molar-refractivity contribution in [3.05, 3.63) is 30.3 Å². The van der Waals surface area contributed by atoms with Crippen LogP contribution in [0.1, 0.15) is 34.1 Å². The summed E-state index contributed by atoms with van der Waals surface area (Å²) in [7, 11) is 1.02. The molecule has 1 aliphatic heterocycles. The van der Waals surface area contributed by atoms with E-state index in [0.717, 1.165) is 27.9 Å². The Hall–Kier alpha value is -4.07. The number of carbonyl (C=O) groups is 3. The van der Waals surface area contributed by atoms with Gasteiger partial charge < -0.3 is 38.2 Å². The van der Waals surface area contributed by atoms with Gasteiger partial charge in [0.1, 0.15) is 19.8 Å². The minimum absolute atomic E-state index is 0.832. The summed E-state index contributed by atoms with van der Waals surface area (Å²) in [6.45, 7) is 1.06. The summed E-state index contributed by atoms with van der Waals surface area (Å²) in [4.78, 5) is 81.6. The molecule has 0 aliphatic carbocycles. The van der Waals surface area contributed by atoms with E-state index in [1.807, 2.05) is 0 Å². The van der Waals surface area contributed by atoms with Crippen LogP contribution in [0.15, 0.2) is 0 Å². The molecule has 1 rings (SSSR count). The molecule has 0 radical (unpaired) electrons. The largest absolute Gasteiger partial charge is 0.456 e. The van der Waals surface area contributed by atoms with E-state index >= 15 is 0 Å². The van der Waals surface area contributed by atoms with Crippen LogP contribution in [0.25, 0.3) is 0 Å². The number of hydrogen-bond donors (Lipinski definition) is 0. The highest BCUT2D eigenvalue weighted by Crippen LogP contribution is 2.44. The number of methoxy groups -OCH3 is 1. The van der Waals surface area contributed by atoms with Gasteiger partial charge in [0, 0.05) is 39.7 Å². The lowest BCUT2D eigenvalue weighted by atomic mass is 9.78. The van der Waals surface area contributed by atoms with Crippen LogP contribution >= 0.6 is 0 Å². The van der Waals surface area contributed by atoms with E-state index < -0.39 is 95.0 Å². The zero-order valence-corrected chi connectivity index (χ0v) is 20.9. The van der Waals surface area contributed by atoms with Crippen molar-refractivity contribution in [3.63, 3.8) is 0 Å². The maximum atomic E-state index is 12.0. The first-order valence-corrected chi connectivity index (χ1v) is 10.6. The first-order valence-electron chi connectivity index (χ1n) is 10.6. The van der Waals surface area contributed by atoms with E-state index in [0.29, 0.717) is 0 Å². The topological polar surface area (TPSA) is 254 Å². The fraction of sp³-hybridized carbons (Fsp3) is 0.833. The molecular weight excluding hydrogens is 530 g/mol. The monoisotopic (exact) mass is 557 g/mol. The number of carbonyl (C=O) groups excluding carboxylic acids is 3. The van der Waals surface area contributed by atoms with Gasteiger partial charge in [0.15, 0.2) is 18.3 Å². The Labute approximate surface area is 213 Å². The number of esters is 3. The third kappa shape index (κ3) is 9.10. The highest BCUT2D eigenvalue weighted by molar-refractivity contribution is 5.68. The Balaban J connectivity index is 3.75. The lowest BCUT2D eigenvalue weighted by Crippen LogP contribution is -2.69. The Morgan fingerprint density at radius 1 is 0.789 bits per heavy atom. The van der Waals surface area contributed by atoms with Gasteiger partial charge >= 0.3 is 17.9 Å². The van der Waals surface area contributed by atoms with Crippen molar-refractivity contribution in [2.24, 2.45) is 5.41 Å². The highest BCUT2D eigenvalue weighted by atomic mass is 17.0. The molecule has 38 heavy (non-hydrogen) atoms. The van der Waals surface area contributed by atoms with Crippen molar-refractivity contribution >= 4 is 17.9 Å². The van der Waals surface area contributed by atoms with Crippen molar-refractivity contribution in [2.45, 2.75) is 64.3 Å². The van der Waals surface area contributed by atoms with Gasteiger partial charge in [0.05, 0.1) is 6.10 Å². The van der Waals surface area contributed by atoms with Gasteiger partial charge in [-0.25, -0.2) is 0 Å². The minimum Gasteiger partial charge on any atom is -0.456 e. The van der Waals surface area contributed by atoms with Gasteiger partial charge in [0.25, 0.3) is 15.3 Å². The Morgan fingerprint density at radius 2 is 1.18 bits per heavy atom. The molecule has 1 unspecified atom stereocenters. The van der Waals surface area contributed by atoms with Crippen LogP contribution in [0.5, 0.6) is 0 Å². The number of ether oxygens (including phenoxy) is 5. The molecule has 1 aliphatic rings. The Morgan fingerprint density at radius 3 is 1.53 bits per heavy atom. The van der Waals surface area contributed by atoms with E-state index in [9.17, 15) is 44.7 Å². The Kier molecular flexibility index (Phi) is 11.3. The van der Waals surface area contributed by atoms with Gasteiger partial charge in [0.2, 0.25) is 5.79 Å². The van der Waals surface area contributed by atoms with Gasteiger partial charge in [-0.3, -0.25) is 14.4 Å². The van der Waals surface area contributed by atoms with E-state index in [-0.39, 0.29) is 0 Å². The lowest BCUT2D eigenvalue weighted by molar-refractivity contribution is -0.783. The first-order chi connectivity index (χ1) is 17.6. The maximum absolute atomic E-state index is 12.0. The molecular formula is C18H27N3O17. The van der Waals surface area contributed by atoms with E-state index in [1.54, 1.807) is 0 Å². The number of rotatable bonds is 15. The molecule has 0 aromatic carbocycles. The molecule has 0 aromatic rings. The van der Waals surface area contributed by atoms with Crippen LogP contribution in [0.4, 0.5) is 0 Å². The predicted octanol–water partition coefficient (Wildman–Crippen LogP) is -0.456. The molecule has 0 spiro atoms. The molecule has 1 saturated heterocycles. The zero-order valence-electron chi connectivity index (χ0n) is 20.9. The molecule has 0 bridgehead atoms. The van der Waals surface area contributed by atoms with Crippen LogP contribution < -0.4 is 0 Å². The summed E-state index contributed by atoms with van der Waals surface area (Å²) >= 11 is 0. The summed E-state index contributed by atoms with van der Waals surface area (Å²) < 4.78 is 27.2. The third-order valence-corrected chi connectivity index (χ3v) is 5.20. The molecule has 1 heterocycles. The van der Waals surface area contributed by atoms with Gasteiger partial charge in [-0.1, -0.05) is 0 Å². The molecule has 216 valence electrons. The van der Waals surface area contributed by atoms with E-state index in [1.165, 1.54) is 6.92 Å². The summed E-state index contributed by atoms with van der Waals surface area (Å²) in [6, 6.07) is 0. The first kappa shape index (κ1) is 32.0. The van der Waals surface area contributed by atoms with E-state index in [4.69, 9.17) is 23.7 Å². The van der Waals surface area contributed by atoms with Crippen LogP contribution in [0, 0.1) is 35.8 Å². The highest BCUT2D eigenvalue weighted by Gasteiger charge is 2.62. The summed E-state index contributed by atoms with van der Waals surface area (Å²) in [5, 5.41) is 29.0. The van der Waals surface area contributed by atoms with Crippen LogP contribution in [0.3, 0.4) is 0 Å². The minimum atomic E-state index is -2.30. The molecule has 5 atom stereocenters. The normalized spacial score (nSPS) is 24.9. The number of hydrogen-bond acceptors (Lipinski definition) is 17. The van der Waals surface area contributed by atoms with Crippen molar-refractivity contribution < 1.29 is 67.8 Å². The van der Waals surface area contributed by atoms with Crippen LogP contribution in [-0.2, 0) is 52.6 Å². The standard InChI is InChI=1S/C18H27N3O17/c1-10-14(35-11(2)22)15(36-12(3)23)16(37-13(4)24)18(31-5,38-10)6-17(7-32-19(25)26,8-33-20(27)28)9-34-21(29)30/h10,14-16H,6-9H2,1-5H3/t10-,14-,15+,16-,18?/m1/s1.